The average molecular weight is 195 g/mol. The fraction of sp³-hybridized carbons (Fsp3) is 0.167. The van der Waals surface area contributed by atoms with Crippen LogP contribution in [0.3, 0.4) is 0 Å². The SMILES string of the molecule is C#CCCNc1ccc(C#N)c(C#N)c1. The molecule has 0 radical (unpaired) electrons. The lowest BCUT2D eigenvalue weighted by atomic mass is 10.1. The van der Waals surface area contributed by atoms with Gasteiger partial charge in [-0.15, -0.1) is 12.3 Å². The van der Waals surface area contributed by atoms with E-state index in [1.54, 1.807) is 18.2 Å². The lowest BCUT2D eigenvalue weighted by molar-refractivity contribution is 1.10. The van der Waals surface area contributed by atoms with Gasteiger partial charge in [-0.25, -0.2) is 0 Å². The van der Waals surface area contributed by atoms with Crippen molar-refractivity contribution in [1.29, 1.82) is 10.5 Å². The van der Waals surface area contributed by atoms with Gasteiger partial charge in [0.05, 0.1) is 11.1 Å². The second kappa shape index (κ2) is 5.32. The first-order valence-corrected chi connectivity index (χ1v) is 4.43. The number of nitrogens with one attached hydrogen (secondary N) is 1. The van der Waals surface area contributed by atoms with Gasteiger partial charge in [0.15, 0.2) is 0 Å². The molecule has 0 amide bonds. The number of terminal acetylenes is 1. The third-order valence-electron chi connectivity index (χ3n) is 1.86. The van der Waals surface area contributed by atoms with Gasteiger partial charge in [-0.2, -0.15) is 10.5 Å². The van der Waals surface area contributed by atoms with Crippen molar-refractivity contribution in [2.75, 3.05) is 11.9 Å². The lowest BCUT2D eigenvalue weighted by Gasteiger charge is -2.04. The van der Waals surface area contributed by atoms with E-state index in [1.165, 1.54) is 0 Å². The van der Waals surface area contributed by atoms with Crippen molar-refractivity contribution in [3.63, 3.8) is 0 Å². The van der Waals surface area contributed by atoms with Crippen LogP contribution in [-0.2, 0) is 0 Å². The molecule has 0 aromatic heterocycles. The molecule has 0 heterocycles. The van der Waals surface area contributed by atoms with Crippen molar-refractivity contribution in [3.05, 3.63) is 29.3 Å². The Morgan fingerprint density at radius 1 is 1.20 bits per heavy atom. The fourth-order valence-corrected chi connectivity index (χ4v) is 1.12. The van der Waals surface area contributed by atoms with Crippen molar-refractivity contribution < 1.29 is 0 Å². The molecule has 0 bridgehead atoms. The Morgan fingerprint density at radius 3 is 2.53 bits per heavy atom. The van der Waals surface area contributed by atoms with Crippen LogP contribution in [0.5, 0.6) is 0 Å². The topological polar surface area (TPSA) is 59.6 Å². The second-order valence-electron chi connectivity index (χ2n) is 2.86. The molecule has 0 unspecified atom stereocenters. The third-order valence-corrected chi connectivity index (χ3v) is 1.86. The van der Waals surface area contributed by atoms with Gasteiger partial charge in [0.25, 0.3) is 0 Å². The van der Waals surface area contributed by atoms with Crippen LogP contribution in [0.1, 0.15) is 17.5 Å². The minimum atomic E-state index is 0.378. The first-order valence-electron chi connectivity index (χ1n) is 4.43. The summed E-state index contributed by atoms with van der Waals surface area (Å²) >= 11 is 0. The zero-order valence-corrected chi connectivity index (χ0v) is 8.12. The first-order chi connectivity index (χ1) is 7.31. The molecule has 0 atom stereocenters. The molecule has 3 heteroatoms. The summed E-state index contributed by atoms with van der Waals surface area (Å²) < 4.78 is 0. The zero-order chi connectivity index (χ0) is 11.1. The molecule has 0 aliphatic heterocycles. The van der Waals surface area contributed by atoms with Crippen molar-refractivity contribution in [3.8, 4) is 24.5 Å². The molecule has 0 aliphatic rings. The van der Waals surface area contributed by atoms with Gasteiger partial charge in [-0.3, -0.25) is 0 Å². The maximum absolute atomic E-state index is 8.78. The minimum Gasteiger partial charge on any atom is -0.384 e. The number of anilines is 1. The summed E-state index contributed by atoms with van der Waals surface area (Å²) in [5, 5.41) is 20.6. The molecule has 0 saturated carbocycles. The highest BCUT2D eigenvalue weighted by atomic mass is 14.9. The van der Waals surface area contributed by atoms with E-state index in [9.17, 15) is 0 Å². The van der Waals surface area contributed by atoms with Crippen LogP contribution in [0, 0.1) is 35.0 Å². The molecule has 3 nitrogen and oxygen atoms in total. The van der Waals surface area contributed by atoms with Crippen LogP contribution in [0.25, 0.3) is 0 Å². The van der Waals surface area contributed by atoms with E-state index in [1.807, 2.05) is 12.1 Å². The molecule has 72 valence electrons. The molecule has 1 aromatic carbocycles. The third kappa shape index (κ3) is 2.76. The summed E-state index contributed by atoms with van der Waals surface area (Å²) in [6, 6.07) is 8.96. The summed E-state index contributed by atoms with van der Waals surface area (Å²) in [6.07, 6.45) is 5.74. The van der Waals surface area contributed by atoms with Crippen LogP contribution in [0.15, 0.2) is 18.2 Å². The molecule has 1 N–H and O–H groups in total. The van der Waals surface area contributed by atoms with Crippen LogP contribution >= 0.6 is 0 Å². The molecular weight excluding hydrogens is 186 g/mol. The molecule has 0 saturated heterocycles. The molecule has 1 rings (SSSR count). The highest BCUT2D eigenvalue weighted by Crippen LogP contribution is 2.14. The van der Waals surface area contributed by atoms with Gasteiger partial charge in [0, 0.05) is 18.7 Å². The van der Waals surface area contributed by atoms with Gasteiger partial charge in [0.2, 0.25) is 0 Å². The smallest absolute Gasteiger partial charge is 0.101 e. The number of hydrogen-bond acceptors (Lipinski definition) is 3. The quantitative estimate of drug-likeness (QED) is 0.591. The molecule has 0 aliphatic carbocycles. The Balaban J connectivity index is 2.83. The molecule has 15 heavy (non-hydrogen) atoms. The summed E-state index contributed by atoms with van der Waals surface area (Å²) in [5.74, 6) is 2.51. The van der Waals surface area contributed by atoms with Gasteiger partial charge in [-0.1, -0.05) is 0 Å². The Kier molecular flexibility index (Phi) is 3.78. The molecular formula is C12H9N3. The summed E-state index contributed by atoms with van der Waals surface area (Å²) in [6.45, 7) is 0.660. The largest absolute Gasteiger partial charge is 0.384 e. The van der Waals surface area contributed by atoms with E-state index >= 15 is 0 Å². The normalized spacial score (nSPS) is 8.33. The van der Waals surface area contributed by atoms with Gasteiger partial charge in [-0.05, 0) is 18.2 Å². The Bertz CT molecular complexity index is 469. The Labute approximate surface area is 89.0 Å². The predicted octanol–water partition coefficient (Wildman–Crippen LogP) is 1.87. The minimum absolute atomic E-state index is 0.378. The van der Waals surface area contributed by atoms with E-state index in [0.717, 1.165) is 5.69 Å². The van der Waals surface area contributed by atoms with Crippen molar-refractivity contribution >= 4 is 5.69 Å². The van der Waals surface area contributed by atoms with Gasteiger partial charge >= 0.3 is 0 Å². The van der Waals surface area contributed by atoms with Crippen LogP contribution < -0.4 is 5.32 Å². The zero-order valence-electron chi connectivity index (χ0n) is 8.12. The maximum Gasteiger partial charge on any atom is 0.101 e. The predicted molar refractivity (Wildman–Crippen MR) is 57.8 cm³/mol. The molecule has 1 aromatic rings. The van der Waals surface area contributed by atoms with Crippen LogP contribution in [0.2, 0.25) is 0 Å². The van der Waals surface area contributed by atoms with Gasteiger partial charge < -0.3 is 5.32 Å². The van der Waals surface area contributed by atoms with E-state index < -0.39 is 0 Å². The highest BCUT2D eigenvalue weighted by molar-refractivity contribution is 5.56. The second-order valence-corrected chi connectivity index (χ2v) is 2.86. The van der Waals surface area contributed by atoms with Gasteiger partial charge in [0.1, 0.15) is 12.1 Å². The summed E-state index contributed by atoms with van der Waals surface area (Å²) in [4.78, 5) is 0. The fourth-order valence-electron chi connectivity index (χ4n) is 1.12. The van der Waals surface area contributed by atoms with E-state index in [-0.39, 0.29) is 0 Å². The summed E-state index contributed by atoms with van der Waals surface area (Å²) in [7, 11) is 0. The maximum atomic E-state index is 8.78. The molecule has 0 spiro atoms. The van der Waals surface area contributed by atoms with Crippen LogP contribution in [0.4, 0.5) is 5.69 Å². The van der Waals surface area contributed by atoms with Crippen molar-refractivity contribution in [2.45, 2.75) is 6.42 Å². The number of benzene rings is 1. The van der Waals surface area contributed by atoms with E-state index in [2.05, 4.69) is 11.2 Å². The number of rotatable bonds is 3. The van der Waals surface area contributed by atoms with Crippen LogP contribution in [-0.4, -0.2) is 6.54 Å². The number of nitriles is 2. The Morgan fingerprint density at radius 2 is 1.93 bits per heavy atom. The van der Waals surface area contributed by atoms with Crippen molar-refractivity contribution in [1.82, 2.24) is 0 Å². The summed E-state index contributed by atoms with van der Waals surface area (Å²) in [5.41, 5.74) is 1.57. The lowest BCUT2D eigenvalue weighted by Crippen LogP contribution is -2.00. The molecule has 0 fully saturated rings. The number of nitrogens with zero attached hydrogens (tertiary/aromatic N) is 2. The Hall–Kier alpha value is -2.44. The standard InChI is InChI=1S/C12H9N3/c1-2-3-6-15-12-5-4-10(8-13)11(7-12)9-14/h1,4-5,7,15H,3,6H2. The van der Waals surface area contributed by atoms with E-state index in [4.69, 9.17) is 16.9 Å². The highest BCUT2D eigenvalue weighted by Gasteiger charge is 2.01. The van der Waals surface area contributed by atoms with Crippen molar-refractivity contribution in [2.24, 2.45) is 0 Å². The number of hydrogen-bond donors (Lipinski definition) is 1. The van der Waals surface area contributed by atoms with E-state index in [0.29, 0.717) is 24.1 Å². The monoisotopic (exact) mass is 195 g/mol. The average Bonchev–Trinajstić information content (AvgIpc) is 2.29. The first kappa shape index (κ1) is 10.6.